The van der Waals surface area contributed by atoms with Gasteiger partial charge < -0.3 is 19.7 Å². The molecule has 4 aromatic carbocycles. The van der Waals surface area contributed by atoms with Crippen LogP contribution >= 0.6 is 0 Å². The fourth-order valence-electron chi connectivity index (χ4n) is 5.43. The number of anilines is 1. The first-order valence-electron chi connectivity index (χ1n) is 14.7. The standard InChI is InChI=1S/C36H40N4O2/c1-26(2)23-40(36(42)30-16-15-28-9-5-6-10-29(28)21-30)25-35(41)39(24-27-13-17-32(18-14-27)38(3)4)20-19-31-22-37-34-12-8-7-11-33(31)34/h5-18,21-22,26,37H,19-20,23-25H2,1-4H3. The third-order valence-electron chi connectivity index (χ3n) is 7.70. The number of para-hydroxylation sites is 1. The minimum absolute atomic E-state index is 0.0352. The third kappa shape index (κ3) is 6.82. The van der Waals surface area contributed by atoms with Crippen LogP contribution in [0.1, 0.15) is 35.3 Å². The van der Waals surface area contributed by atoms with E-state index in [2.05, 4.69) is 60.1 Å². The number of fused-ring (bicyclic) bond motifs is 2. The van der Waals surface area contributed by atoms with Gasteiger partial charge in [-0.15, -0.1) is 0 Å². The van der Waals surface area contributed by atoms with Crippen molar-refractivity contribution in [2.24, 2.45) is 5.92 Å². The number of aromatic nitrogens is 1. The van der Waals surface area contributed by atoms with Crippen LogP contribution in [0.3, 0.4) is 0 Å². The molecule has 2 amide bonds. The van der Waals surface area contributed by atoms with E-state index >= 15 is 0 Å². The fraction of sp³-hybridized carbons (Fsp3) is 0.278. The van der Waals surface area contributed by atoms with Crippen LogP contribution in [0.15, 0.2) is 97.2 Å². The van der Waals surface area contributed by atoms with Crippen LogP contribution < -0.4 is 4.90 Å². The summed E-state index contributed by atoms with van der Waals surface area (Å²) in [5, 5.41) is 3.28. The molecule has 0 fully saturated rings. The molecule has 1 N–H and O–H groups in total. The van der Waals surface area contributed by atoms with E-state index in [1.54, 1.807) is 4.90 Å². The molecule has 5 rings (SSSR count). The number of hydrogen-bond donors (Lipinski definition) is 1. The zero-order valence-electron chi connectivity index (χ0n) is 25.0. The number of hydrogen-bond acceptors (Lipinski definition) is 3. The highest BCUT2D eigenvalue weighted by molar-refractivity contribution is 6.00. The molecule has 0 aliphatic heterocycles. The van der Waals surface area contributed by atoms with Crippen LogP contribution in [-0.2, 0) is 17.8 Å². The van der Waals surface area contributed by atoms with Gasteiger partial charge in [0.25, 0.3) is 5.91 Å². The fourth-order valence-corrected chi connectivity index (χ4v) is 5.43. The summed E-state index contributed by atoms with van der Waals surface area (Å²) in [4.78, 5) is 36.8. The molecule has 0 bridgehead atoms. The highest BCUT2D eigenvalue weighted by Gasteiger charge is 2.24. The van der Waals surface area contributed by atoms with Crippen molar-refractivity contribution >= 4 is 39.2 Å². The van der Waals surface area contributed by atoms with Crippen molar-refractivity contribution in [2.75, 3.05) is 38.6 Å². The molecule has 0 unspecified atom stereocenters. The van der Waals surface area contributed by atoms with Gasteiger partial charge in [-0.05, 0) is 64.6 Å². The summed E-state index contributed by atoms with van der Waals surface area (Å²) in [7, 11) is 4.03. The average Bonchev–Trinajstić information content (AvgIpc) is 3.41. The van der Waals surface area contributed by atoms with Gasteiger partial charge in [0.05, 0.1) is 0 Å². The molecule has 42 heavy (non-hydrogen) atoms. The number of benzene rings is 4. The molecule has 0 spiro atoms. The second-order valence-corrected chi connectivity index (χ2v) is 11.6. The van der Waals surface area contributed by atoms with Gasteiger partial charge in [0, 0.05) is 62.1 Å². The number of nitrogens with one attached hydrogen (secondary N) is 1. The van der Waals surface area contributed by atoms with Crippen molar-refractivity contribution in [1.29, 1.82) is 0 Å². The summed E-state index contributed by atoms with van der Waals surface area (Å²) in [6.45, 7) is 5.72. The molecule has 0 saturated carbocycles. The van der Waals surface area contributed by atoms with Crippen LogP contribution in [0, 0.1) is 5.92 Å². The Labute approximate surface area is 248 Å². The summed E-state index contributed by atoms with van der Waals surface area (Å²) in [6, 6.07) is 30.3. The molecule has 1 aromatic heterocycles. The SMILES string of the molecule is CC(C)CN(CC(=O)N(CCc1c[nH]c2ccccc12)Cc1ccc(N(C)C)cc1)C(=O)c1ccc2ccccc2c1. The van der Waals surface area contributed by atoms with E-state index in [0.29, 0.717) is 31.6 Å². The molecular weight excluding hydrogens is 520 g/mol. The molecule has 0 atom stereocenters. The van der Waals surface area contributed by atoms with Gasteiger partial charge in [0.1, 0.15) is 6.54 Å². The number of H-pyrrole nitrogens is 1. The van der Waals surface area contributed by atoms with Crippen LogP contribution in [0.4, 0.5) is 5.69 Å². The molecule has 0 aliphatic carbocycles. The maximum atomic E-state index is 14.0. The van der Waals surface area contributed by atoms with Gasteiger partial charge in [0.15, 0.2) is 0 Å². The minimum Gasteiger partial charge on any atom is -0.378 e. The van der Waals surface area contributed by atoms with Crippen LogP contribution in [0.2, 0.25) is 0 Å². The highest BCUT2D eigenvalue weighted by Crippen LogP contribution is 2.21. The molecule has 0 saturated heterocycles. The van der Waals surface area contributed by atoms with Crippen LogP contribution in [0.5, 0.6) is 0 Å². The molecule has 1 heterocycles. The quantitative estimate of drug-likeness (QED) is 0.194. The Hall–Kier alpha value is -4.58. The summed E-state index contributed by atoms with van der Waals surface area (Å²) in [5.74, 6) is 0.0523. The Bertz CT molecular complexity index is 1670. The first-order chi connectivity index (χ1) is 20.3. The second-order valence-electron chi connectivity index (χ2n) is 11.6. The Balaban J connectivity index is 1.38. The molecule has 6 heteroatoms. The zero-order valence-corrected chi connectivity index (χ0v) is 25.0. The van der Waals surface area contributed by atoms with E-state index in [1.165, 1.54) is 10.9 Å². The molecular formula is C36H40N4O2. The van der Waals surface area contributed by atoms with E-state index in [9.17, 15) is 9.59 Å². The maximum absolute atomic E-state index is 14.0. The van der Waals surface area contributed by atoms with Crippen molar-refractivity contribution in [3.05, 3.63) is 114 Å². The molecule has 6 nitrogen and oxygen atoms in total. The first kappa shape index (κ1) is 28.9. The van der Waals surface area contributed by atoms with Gasteiger partial charge in [0.2, 0.25) is 5.91 Å². The number of aromatic amines is 1. The number of carbonyl (C=O) groups excluding carboxylic acids is 2. The summed E-state index contributed by atoms with van der Waals surface area (Å²) < 4.78 is 0. The first-order valence-corrected chi connectivity index (χ1v) is 14.7. The van der Waals surface area contributed by atoms with Crippen molar-refractivity contribution in [3.63, 3.8) is 0 Å². The lowest BCUT2D eigenvalue weighted by Gasteiger charge is -2.29. The van der Waals surface area contributed by atoms with Gasteiger partial charge in [-0.1, -0.05) is 74.5 Å². The Morgan fingerprint density at radius 2 is 1.52 bits per heavy atom. The summed E-state index contributed by atoms with van der Waals surface area (Å²) in [6.07, 6.45) is 2.75. The topological polar surface area (TPSA) is 59.7 Å². The monoisotopic (exact) mass is 560 g/mol. The maximum Gasteiger partial charge on any atom is 0.254 e. The van der Waals surface area contributed by atoms with E-state index in [4.69, 9.17) is 0 Å². The number of carbonyl (C=O) groups is 2. The summed E-state index contributed by atoms with van der Waals surface area (Å²) in [5.41, 5.74) is 5.04. The average molecular weight is 561 g/mol. The van der Waals surface area contributed by atoms with E-state index < -0.39 is 0 Å². The van der Waals surface area contributed by atoms with Crippen molar-refractivity contribution in [2.45, 2.75) is 26.8 Å². The van der Waals surface area contributed by atoms with Gasteiger partial charge in [-0.25, -0.2) is 0 Å². The lowest BCUT2D eigenvalue weighted by Crippen LogP contribution is -2.44. The number of amides is 2. The van der Waals surface area contributed by atoms with E-state index in [0.717, 1.165) is 27.5 Å². The predicted octanol–water partition coefficient (Wildman–Crippen LogP) is 6.76. The van der Waals surface area contributed by atoms with Crippen molar-refractivity contribution in [1.82, 2.24) is 14.8 Å². The van der Waals surface area contributed by atoms with Gasteiger partial charge >= 0.3 is 0 Å². The molecule has 216 valence electrons. The lowest BCUT2D eigenvalue weighted by atomic mass is 10.1. The largest absolute Gasteiger partial charge is 0.378 e. The third-order valence-corrected chi connectivity index (χ3v) is 7.70. The Morgan fingerprint density at radius 1 is 0.810 bits per heavy atom. The second kappa shape index (κ2) is 12.9. The normalized spacial score (nSPS) is 11.3. The lowest BCUT2D eigenvalue weighted by molar-refractivity contribution is -0.132. The van der Waals surface area contributed by atoms with Gasteiger partial charge in [-0.2, -0.15) is 0 Å². The Morgan fingerprint density at radius 3 is 2.26 bits per heavy atom. The van der Waals surface area contributed by atoms with Crippen LogP contribution in [-0.4, -0.2) is 60.3 Å². The van der Waals surface area contributed by atoms with Gasteiger partial charge in [-0.3, -0.25) is 9.59 Å². The van der Waals surface area contributed by atoms with E-state index in [-0.39, 0.29) is 24.3 Å². The molecule has 0 radical (unpaired) electrons. The molecule has 5 aromatic rings. The van der Waals surface area contributed by atoms with Crippen LogP contribution in [0.25, 0.3) is 21.7 Å². The van der Waals surface area contributed by atoms with E-state index in [1.807, 2.05) is 79.8 Å². The zero-order chi connectivity index (χ0) is 29.6. The smallest absolute Gasteiger partial charge is 0.254 e. The molecule has 0 aliphatic rings. The summed E-state index contributed by atoms with van der Waals surface area (Å²) >= 11 is 0. The number of rotatable bonds is 11. The van der Waals surface area contributed by atoms with Crippen molar-refractivity contribution in [3.8, 4) is 0 Å². The Kier molecular flexibility index (Phi) is 8.91. The highest BCUT2D eigenvalue weighted by atomic mass is 16.2. The number of nitrogens with zero attached hydrogens (tertiary/aromatic N) is 3. The predicted molar refractivity (Wildman–Crippen MR) is 173 cm³/mol. The minimum atomic E-state index is -0.116. The van der Waals surface area contributed by atoms with Crippen molar-refractivity contribution < 1.29 is 9.59 Å².